The van der Waals surface area contributed by atoms with Crippen LogP contribution in [-0.2, 0) is 0 Å². The lowest BCUT2D eigenvalue weighted by Crippen LogP contribution is -1.79. The molecule has 0 aromatic carbocycles. The zero-order valence-electron chi connectivity index (χ0n) is 7.24. The van der Waals surface area contributed by atoms with Gasteiger partial charge in [0.25, 0.3) is 0 Å². The third-order valence-corrected chi connectivity index (χ3v) is 1.88. The molecule has 0 amide bonds. The summed E-state index contributed by atoms with van der Waals surface area (Å²) in [6, 6.07) is 5.82. The van der Waals surface area contributed by atoms with E-state index in [0.717, 1.165) is 16.9 Å². The van der Waals surface area contributed by atoms with E-state index >= 15 is 0 Å². The summed E-state index contributed by atoms with van der Waals surface area (Å²) in [5.74, 6) is 1.43. The Morgan fingerprint density at radius 2 is 2.25 bits per heavy atom. The Morgan fingerprint density at radius 1 is 1.42 bits per heavy atom. The molecule has 62 valence electrons. The normalized spacial score (nSPS) is 11.2. The van der Waals surface area contributed by atoms with Crippen LogP contribution in [0.5, 0.6) is 0 Å². The van der Waals surface area contributed by atoms with E-state index in [1.165, 1.54) is 0 Å². The SMILES string of the molecule is CC(C)c1cc2ncccc2o1. The highest BCUT2D eigenvalue weighted by atomic mass is 16.3. The molecule has 0 radical (unpaired) electrons. The molecule has 0 saturated carbocycles. The molecule has 0 spiro atoms. The van der Waals surface area contributed by atoms with E-state index in [-0.39, 0.29) is 0 Å². The van der Waals surface area contributed by atoms with Gasteiger partial charge >= 0.3 is 0 Å². The van der Waals surface area contributed by atoms with E-state index < -0.39 is 0 Å². The molecular weight excluding hydrogens is 150 g/mol. The van der Waals surface area contributed by atoms with Crippen LogP contribution in [0.15, 0.2) is 28.8 Å². The van der Waals surface area contributed by atoms with Gasteiger partial charge in [0.05, 0.1) is 0 Å². The Hall–Kier alpha value is -1.31. The topological polar surface area (TPSA) is 26.0 Å². The summed E-state index contributed by atoms with van der Waals surface area (Å²) in [4.78, 5) is 4.19. The second-order valence-corrected chi connectivity index (χ2v) is 3.19. The van der Waals surface area contributed by atoms with Crippen molar-refractivity contribution in [3.8, 4) is 0 Å². The molecule has 0 fully saturated rings. The summed E-state index contributed by atoms with van der Waals surface area (Å²) in [5.41, 5.74) is 1.82. The first-order valence-electron chi connectivity index (χ1n) is 4.12. The average Bonchev–Trinajstić information content (AvgIpc) is 2.46. The first kappa shape index (κ1) is 7.35. The fraction of sp³-hybridized carbons (Fsp3) is 0.300. The average molecular weight is 161 g/mol. The van der Waals surface area contributed by atoms with Crippen LogP contribution in [0.2, 0.25) is 0 Å². The van der Waals surface area contributed by atoms with E-state index in [4.69, 9.17) is 4.42 Å². The standard InChI is InChI=1S/C10H11NO/c1-7(2)10-6-8-9(12-10)4-3-5-11-8/h3-7H,1-2H3. The van der Waals surface area contributed by atoms with E-state index in [1.54, 1.807) is 6.20 Å². The minimum atomic E-state index is 0.430. The number of hydrogen-bond acceptors (Lipinski definition) is 2. The van der Waals surface area contributed by atoms with Crippen molar-refractivity contribution in [2.75, 3.05) is 0 Å². The van der Waals surface area contributed by atoms with E-state index in [1.807, 2.05) is 18.2 Å². The number of nitrogens with zero attached hydrogens (tertiary/aromatic N) is 1. The van der Waals surface area contributed by atoms with Crippen molar-refractivity contribution in [3.63, 3.8) is 0 Å². The maximum Gasteiger partial charge on any atom is 0.152 e. The van der Waals surface area contributed by atoms with Gasteiger partial charge in [-0.1, -0.05) is 13.8 Å². The molecule has 2 aromatic heterocycles. The highest BCUT2D eigenvalue weighted by molar-refractivity contribution is 5.72. The summed E-state index contributed by atoms with van der Waals surface area (Å²) in [5, 5.41) is 0. The van der Waals surface area contributed by atoms with Crippen molar-refractivity contribution in [2.24, 2.45) is 0 Å². The minimum absolute atomic E-state index is 0.430. The third-order valence-electron chi connectivity index (χ3n) is 1.88. The molecule has 0 N–H and O–H groups in total. The lowest BCUT2D eigenvalue weighted by Gasteiger charge is -1.95. The number of hydrogen-bond donors (Lipinski definition) is 0. The molecule has 0 aliphatic rings. The Labute approximate surface area is 71.2 Å². The van der Waals surface area contributed by atoms with Crippen LogP contribution in [0.4, 0.5) is 0 Å². The number of fused-ring (bicyclic) bond motifs is 1. The number of aromatic nitrogens is 1. The molecule has 0 atom stereocenters. The molecule has 0 saturated heterocycles. The molecule has 0 bridgehead atoms. The van der Waals surface area contributed by atoms with Gasteiger partial charge < -0.3 is 4.42 Å². The monoisotopic (exact) mass is 161 g/mol. The quantitative estimate of drug-likeness (QED) is 0.642. The first-order valence-corrected chi connectivity index (χ1v) is 4.12. The van der Waals surface area contributed by atoms with E-state index in [9.17, 15) is 0 Å². The fourth-order valence-electron chi connectivity index (χ4n) is 1.17. The zero-order valence-corrected chi connectivity index (χ0v) is 7.24. The van der Waals surface area contributed by atoms with E-state index in [0.29, 0.717) is 5.92 Å². The highest BCUT2D eigenvalue weighted by Crippen LogP contribution is 2.22. The van der Waals surface area contributed by atoms with Gasteiger partial charge in [0, 0.05) is 18.2 Å². The summed E-state index contributed by atoms with van der Waals surface area (Å²) in [7, 11) is 0. The van der Waals surface area contributed by atoms with Crippen molar-refractivity contribution < 1.29 is 4.42 Å². The van der Waals surface area contributed by atoms with Gasteiger partial charge in [-0.3, -0.25) is 4.98 Å². The van der Waals surface area contributed by atoms with Crippen LogP contribution >= 0.6 is 0 Å². The molecular formula is C10H11NO. The molecule has 0 aliphatic carbocycles. The zero-order chi connectivity index (χ0) is 8.55. The van der Waals surface area contributed by atoms with Crippen LogP contribution in [0.3, 0.4) is 0 Å². The fourth-order valence-corrected chi connectivity index (χ4v) is 1.17. The second kappa shape index (κ2) is 2.63. The van der Waals surface area contributed by atoms with Gasteiger partial charge in [-0.25, -0.2) is 0 Å². The van der Waals surface area contributed by atoms with Gasteiger partial charge in [0.2, 0.25) is 0 Å². The summed E-state index contributed by atoms with van der Waals surface area (Å²) in [6.45, 7) is 4.22. The summed E-state index contributed by atoms with van der Waals surface area (Å²) < 4.78 is 5.57. The van der Waals surface area contributed by atoms with E-state index in [2.05, 4.69) is 18.8 Å². The van der Waals surface area contributed by atoms with Crippen molar-refractivity contribution in [3.05, 3.63) is 30.2 Å². The molecule has 0 unspecified atom stereocenters. The van der Waals surface area contributed by atoms with Crippen LogP contribution in [-0.4, -0.2) is 4.98 Å². The molecule has 12 heavy (non-hydrogen) atoms. The van der Waals surface area contributed by atoms with Gasteiger partial charge in [0.1, 0.15) is 11.3 Å². The van der Waals surface area contributed by atoms with Gasteiger partial charge in [0.15, 0.2) is 5.58 Å². The maximum atomic E-state index is 5.57. The number of rotatable bonds is 1. The van der Waals surface area contributed by atoms with Crippen molar-refractivity contribution in [1.82, 2.24) is 4.98 Å². The minimum Gasteiger partial charge on any atom is -0.459 e. The lowest BCUT2D eigenvalue weighted by molar-refractivity contribution is 0.521. The highest BCUT2D eigenvalue weighted by Gasteiger charge is 2.06. The van der Waals surface area contributed by atoms with Crippen molar-refractivity contribution in [2.45, 2.75) is 19.8 Å². The Bertz CT molecular complexity index is 356. The number of furan rings is 1. The summed E-state index contributed by atoms with van der Waals surface area (Å²) >= 11 is 0. The Morgan fingerprint density at radius 3 is 2.92 bits per heavy atom. The van der Waals surface area contributed by atoms with Crippen LogP contribution in [0.1, 0.15) is 25.5 Å². The second-order valence-electron chi connectivity index (χ2n) is 3.19. The molecule has 2 nitrogen and oxygen atoms in total. The number of pyridine rings is 1. The van der Waals surface area contributed by atoms with Crippen LogP contribution < -0.4 is 0 Å². The van der Waals surface area contributed by atoms with Crippen LogP contribution in [0, 0.1) is 0 Å². The Kier molecular flexibility index (Phi) is 1.61. The predicted molar refractivity (Wildman–Crippen MR) is 48.1 cm³/mol. The summed E-state index contributed by atoms with van der Waals surface area (Å²) in [6.07, 6.45) is 1.78. The molecule has 2 heterocycles. The molecule has 2 rings (SSSR count). The molecule has 0 aliphatic heterocycles. The van der Waals surface area contributed by atoms with Crippen molar-refractivity contribution >= 4 is 11.1 Å². The van der Waals surface area contributed by atoms with Gasteiger partial charge in [-0.15, -0.1) is 0 Å². The van der Waals surface area contributed by atoms with Crippen molar-refractivity contribution in [1.29, 1.82) is 0 Å². The molecule has 2 heteroatoms. The first-order chi connectivity index (χ1) is 5.77. The largest absolute Gasteiger partial charge is 0.459 e. The van der Waals surface area contributed by atoms with Crippen LogP contribution in [0.25, 0.3) is 11.1 Å². The Balaban J connectivity index is 2.62. The third kappa shape index (κ3) is 1.09. The predicted octanol–water partition coefficient (Wildman–Crippen LogP) is 2.95. The van der Waals surface area contributed by atoms with Gasteiger partial charge in [-0.05, 0) is 12.1 Å². The smallest absolute Gasteiger partial charge is 0.152 e. The maximum absolute atomic E-state index is 5.57. The lowest BCUT2D eigenvalue weighted by atomic mass is 10.2. The van der Waals surface area contributed by atoms with Gasteiger partial charge in [-0.2, -0.15) is 0 Å². The molecule has 2 aromatic rings.